The van der Waals surface area contributed by atoms with Gasteiger partial charge in [0.25, 0.3) is 0 Å². The number of aryl methyl sites for hydroxylation is 1. The molecule has 2 aromatic rings. The molecule has 1 aromatic carbocycles. The Balaban J connectivity index is 1.88. The fourth-order valence-electron chi connectivity index (χ4n) is 3.31. The van der Waals surface area contributed by atoms with E-state index in [4.69, 9.17) is 4.74 Å². The lowest BCUT2D eigenvalue weighted by atomic mass is 9.79. The fourth-order valence-corrected chi connectivity index (χ4v) is 3.31. The van der Waals surface area contributed by atoms with Gasteiger partial charge in [-0.05, 0) is 43.4 Å². The van der Waals surface area contributed by atoms with Crippen LogP contribution in [0, 0.1) is 5.92 Å². The van der Waals surface area contributed by atoms with Gasteiger partial charge in [0.2, 0.25) is 5.88 Å². The Morgan fingerprint density at radius 1 is 1.19 bits per heavy atom. The van der Waals surface area contributed by atoms with Crippen LogP contribution in [0.5, 0.6) is 5.88 Å². The largest absolute Gasteiger partial charge is 0.480 e. The lowest BCUT2D eigenvalue weighted by Crippen LogP contribution is -2.30. The molecule has 0 bridgehead atoms. The van der Waals surface area contributed by atoms with Gasteiger partial charge in [-0.1, -0.05) is 24.3 Å². The molecule has 0 amide bonds. The molecule has 1 aliphatic carbocycles. The van der Waals surface area contributed by atoms with Gasteiger partial charge in [-0.15, -0.1) is 0 Å². The third-order valence-corrected chi connectivity index (χ3v) is 4.35. The number of benzene rings is 1. The average Bonchev–Trinajstić information content (AvgIpc) is 2.56. The second-order valence-electron chi connectivity index (χ2n) is 5.49. The number of fused-ring (bicyclic) bond motifs is 1. The van der Waals surface area contributed by atoms with Gasteiger partial charge < -0.3 is 10.1 Å². The molecule has 1 aromatic heterocycles. The van der Waals surface area contributed by atoms with Crippen LogP contribution in [0.4, 0.5) is 0 Å². The van der Waals surface area contributed by atoms with E-state index in [0.29, 0.717) is 11.8 Å². The van der Waals surface area contributed by atoms with Crippen molar-refractivity contribution < 1.29 is 4.74 Å². The van der Waals surface area contributed by atoms with Crippen molar-refractivity contribution in [2.75, 3.05) is 14.2 Å². The molecule has 1 aliphatic rings. The molecule has 2 unspecified atom stereocenters. The van der Waals surface area contributed by atoms with Crippen LogP contribution in [-0.2, 0) is 12.8 Å². The molecule has 3 rings (SSSR count). The van der Waals surface area contributed by atoms with E-state index in [1.54, 1.807) is 19.5 Å². The summed E-state index contributed by atoms with van der Waals surface area (Å²) in [5.74, 6) is 1.13. The van der Waals surface area contributed by atoms with Gasteiger partial charge >= 0.3 is 0 Å². The van der Waals surface area contributed by atoms with Crippen molar-refractivity contribution in [2.24, 2.45) is 5.92 Å². The first-order chi connectivity index (χ1) is 10.3. The van der Waals surface area contributed by atoms with E-state index in [1.165, 1.54) is 11.1 Å². The van der Waals surface area contributed by atoms with E-state index < -0.39 is 0 Å². The van der Waals surface area contributed by atoms with Crippen LogP contribution in [0.2, 0.25) is 0 Å². The normalized spacial score (nSPS) is 18.9. The van der Waals surface area contributed by atoms with Crippen LogP contribution in [0.3, 0.4) is 0 Å². The summed E-state index contributed by atoms with van der Waals surface area (Å²) in [6.45, 7) is 0. The monoisotopic (exact) mass is 283 g/mol. The van der Waals surface area contributed by atoms with Gasteiger partial charge in [-0.3, -0.25) is 4.98 Å². The molecule has 4 nitrogen and oxygen atoms in total. The number of hydrogen-bond acceptors (Lipinski definition) is 4. The summed E-state index contributed by atoms with van der Waals surface area (Å²) >= 11 is 0. The Bertz CT molecular complexity index is 614. The molecule has 2 atom stereocenters. The van der Waals surface area contributed by atoms with Gasteiger partial charge in [0.15, 0.2) is 0 Å². The smallest absolute Gasteiger partial charge is 0.237 e. The van der Waals surface area contributed by atoms with Gasteiger partial charge in [-0.25, -0.2) is 4.98 Å². The molecule has 110 valence electrons. The van der Waals surface area contributed by atoms with Crippen molar-refractivity contribution >= 4 is 0 Å². The van der Waals surface area contributed by atoms with Crippen LogP contribution in [-0.4, -0.2) is 24.1 Å². The minimum Gasteiger partial charge on any atom is -0.480 e. The van der Waals surface area contributed by atoms with Crippen LogP contribution in [0.25, 0.3) is 0 Å². The molecular weight excluding hydrogens is 262 g/mol. The molecule has 1 heterocycles. The highest BCUT2D eigenvalue weighted by molar-refractivity contribution is 5.31. The van der Waals surface area contributed by atoms with Crippen molar-refractivity contribution in [2.45, 2.75) is 25.3 Å². The van der Waals surface area contributed by atoms with E-state index in [-0.39, 0.29) is 6.04 Å². The Morgan fingerprint density at radius 3 is 2.71 bits per heavy atom. The first kappa shape index (κ1) is 14.0. The standard InChI is InChI=1S/C17H21N3O/c1-18-15(16-17(21-2)20-10-9-19-16)14-8-7-12-5-3-4-6-13(12)11-14/h3-6,9-10,14-15,18H,7-8,11H2,1-2H3. The number of ether oxygens (including phenoxy) is 1. The lowest BCUT2D eigenvalue weighted by Gasteiger charge is -2.31. The topological polar surface area (TPSA) is 47.0 Å². The quantitative estimate of drug-likeness (QED) is 0.936. The van der Waals surface area contributed by atoms with E-state index >= 15 is 0 Å². The minimum atomic E-state index is 0.169. The van der Waals surface area contributed by atoms with E-state index in [1.807, 2.05) is 7.05 Å². The van der Waals surface area contributed by atoms with Crippen molar-refractivity contribution in [1.82, 2.24) is 15.3 Å². The second kappa shape index (κ2) is 6.22. The molecule has 0 saturated carbocycles. The summed E-state index contributed by atoms with van der Waals surface area (Å²) in [6, 6.07) is 8.89. The number of nitrogens with one attached hydrogen (secondary N) is 1. The highest BCUT2D eigenvalue weighted by atomic mass is 16.5. The Hall–Kier alpha value is -1.94. The Labute approximate surface area is 125 Å². The van der Waals surface area contributed by atoms with Gasteiger partial charge in [-0.2, -0.15) is 0 Å². The minimum absolute atomic E-state index is 0.169. The highest BCUT2D eigenvalue weighted by Crippen LogP contribution is 2.35. The van der Waals surface area contributed by atoms with Gasteiger partial charge in [0.05, 0.1) is 13.2 Å². The van der Waals surface area contributed by atoms with Gasteiger partial charge in [0, 0.05) is 12.4 Å². The fraction of sp³-hybridized carbons (Fsp3) is 0.412. The van der Waals surface area contributed by atoms with Crippen molar-refractivity contribution in [3.05, 3.63) is 53.5 Å². The maximum absolute atomic E-state index is 5.37. The predicted octanol–water partition coefficient (Wildman–Crippen LogP) is 2.55. The van der Waals surface area contributed by atoms with Crippen molar-refractivity contribution in [3.63, 3.8) is 0 Å². The van der Waals surface area contributed by atoms with Gasteiger partial charge in [0.1, 0.15) is 5.69 Å². The van der Waals surface area contributed by atoms with Crippen molar-refractivity contribution in [1.29, 1.82) is 0 Å². The zero-order chi connectivity index (χ0) is 14.7. The molecule has 21 heavy (non-hydrogen) atoms. The maximum Gasteiger partial charge on any atom is 0.237 e. The third kappa shape index (κ3) is 2.76. The summed E-state index contributed by atoms with van der Waals surface area (Å²) in [7, 11) is 3.63. The molecular formula is C17H21N3O. The number of nitrogens with zero attached hydrogens (tertiary/aromatic N) is 2. The number of hydrogen-bond donors (Lipinski definition) is 1. The molecule has 1 N–H and O–H groups in total. The van der Waals surface area contributed by atoms with E-state index in [0.717, 1.165) is 25.0 Å². The first-order valence-corrected chi connectivity index (χ1v) is 7.42. The predicted molar refractivity (Wildman–Crippen MR) is 82.3 cm³/mol. The second-order valence-corrected chi connectivity index (χ2v) is 5.49. The van der Waals surface area contributed by atoms with E-state index in [9.17, 15) is 0 Å². The number of aromatic nitrogens is 2. The maximum atomic E-state index is 5.37. The Kier molecular flexibility index (Phi) is 4.15. The third-order valence-electron chi connectivity index (χ3n) is 4.35. The summed E-state index contributed by atoms with van der Waals surface area (Å²) in [4.78, 5) is 8.78. The number of rotatable bonds is 4. The van der Waals surface area contributed by atoms with Crippen LogP contribution >= 0.6 is 0 Å². The highest BCUT2D eigenvalue weighted by Gasteiger charge is 2.29. The van der Waals surface area contributed by atoms with Crippen molar-refractivity contribution in [3.8, 4) is 5.88 Å². The zero-order valence-corrected chi connectivity index (χ0v) is 12.5. The first-order valence-electron chi connectivity index (χ1n) is 7.42. The molecule has 0 saturated heterocycles. The summed E-state index contributed by atoms with van der Waals surface area (Å²) in [5.41, 5.74) is 3.85. The average molecular weight is 283 g/mol. The summed E-state index contributed by atoms with van der Waals surface area (Å²) in [6.07, 6.45) is 6.76. The van der Waals surface area contributed by atoms with Crippen LogP contribution in [0.1, 0.15) is 29.3 Å². The lowest BCUT2D eigenvalue weighted by molar-refractivity contribution is 0.315. The zero-order valence-electron chi connectivity index (χ0n) is 12.5. The van der Waals surface area contributed by atoms with Crippen LogP contribution < -0.4 is 10.1 Å². The SMILES string of the molecule is CNC(c1nccnc1OC)C1CCc2ccccc2C1. The molecule has 0 radical (unpaired) electrons. The van der Waals surface area contributed by atoms with E-state index in [2.05, 4.69) is 39.6 Å². The summed E-state index contributed by atoms with van der Waals surface area (Å²) < 4.78 is 5.37. The molecule has 0 fully saturated rings. The number of methoxy groups -OCH3 is 1. The molecule has 0 aliphatic heterocycles. The van der Waals surface area contributed by atoms with Crippen LogP contribution in [0.15, 0.2) is 36.7 Å². The molecule has 4 heteroatoms. The molecule has 0 spiro atoms. The summed E-state index contributed by atoms with van der Waals surface area (Å²) in [5, 5.41) is 3.41. The Morgan fingerprint density at radius 2 is 1.95 bits per heavy atom.